The van der Waals surface area contributed by atoms with Gasteiger partial charge in [0.2, 0.25) is 0 Å². The van der Waals surface area contributed by atoms with Crippen LogP contribution in [-0.2, 0) is 7.05 Å². The molecule has 2 aromatic rings. The van der Waals surface area contributed by atoms with Gasteiger partial charge in [-0.25, -0.2) is 4.98 Å². The average Bonchev–Trinajstić information content (AvgIpc) is 2.82. The summed E-state index contributed by atoms with van der Waals surface area (Å²) < 4.78 is 1.96. The van der Waals surface area contributed by atoms with E-state index in [1.807, 2.05) is 17.8 Å². The lowest BCUT2D eigenvalue weighted by Crippen LogP contribution is -2.27. The highest BCUT2D eigenvalue weighted by molar-refractivity contribution is 5.59. The zero-order valence-corrected chi connectivity index (χ0v) is 11.6. The van der Waals surface area contributed by atoms with Gasteiger partial charge in [0.1, 0.15) is 5.82 Å². The molecule has 1 saturated heterocycles. The fourth-order valence-electron chi connectivity index (χ4n) is 2.77. The first-order valence-electron chi connectivity index (χ1n) is 6.93. The summed E-state index contributed by atoms with van der Waals surface area (Å²) in [6.45, 7) is 4.27. The molecule has 4 heteroatoms. The van der Waals surface area contributed by atoms with Gasteiger partial charge in [0.15, 0.2) is 5.82 Å². The molecule has 1 aliphatic heterocycles. The van der Waals surface area contributed by atoms with Gasteiger partial charge >= 0.3 is 0 Å². The summed E-state index contributed by atoms with van der Waals surface area (Å²) >= 11 is 0. The zero-order valence-electron chi connectivity index (χ0n) is 11.6. The standard InChI is InChI=1S/C15H20N4/c1-11-5-3-4-6-13(11)14-17-15(19(2)18-14)12-7-9-16-10-8-12/h3-6,12,16H,7-10H2,1-2H3. The van der Waals surface area contributed by atoms with Gasteiger partial charge in [-0.15, -0.1) is 0 Å². The summed E-state index contributed by atoms with van der Waals surface area (Å²) in [5, 5.41) is 8.00. The van der Waals surface area contributed by atoms with Crippen LogP contribution in [0.2, 0.25) is 0 Å². The molecule has 3 rings (SSSR count). The fraction of sp³-hybridized carbons (Fsp3) is 0.467. The van der Waals surface area contributed by atoms with Crippen LogP contribution in [0.3, 0.4) is 0 Å². The molecule has 0 atom stereocenters. The fourth-order valence-corrected chi connectivity index (χ4v) is 2.77. The highest BCUT2D eigenvalue weighted by Gasteiger charge is 2.21. The van der Waals surface area contributed by atoms with Crippen LogP contribution in [0.4, 0.5) is 0 Å². The number of nitrogens with zero attached hydrogens (tertiary/aromatic N) is 3. The van der Waals surface area contributed by atoms with Gasteiger partial charge in [-0.2, -0.15) is 5.10 Å². The zero-order chi connectivity index (χ0) is 13.2. The van der Waals surface area contributed by atoms with E-state index in [-0.39, 0.29) is 0 Å². The third kappa shape index (κ3) is 2.40. The van der Waals surface area contributed by atoms with E-state index < -0.39 is 0 Å². The summed E-state index contributed by atoms with van der Waals surface area (Å²) in [4.78, 5) is 4.79. The molecular weight excluding hydrogens is 236 g/mol. The second-order valence-electron chi connectivity index (χ2n) is 5.26. The van der Waals surface area contributed by atoms with Crippen molar-refractivity contribution in [1.29, 1.82) is 0 Å². The minimum absolute atomic E-state index is 0.538. The molecule has 100 valence electrons. The van der Waals surface area contributed by atoms with Crippen LogP contribution in [0.1, 0.15) is 30.1 Å². The van der Waals surface area contributed by atoms with E-state index in [1.165, 1.54) is 5.56 Å². The Labute approximate surface area is 113 Å². The first-order valence-corrected chi connectivity index (χ1v) is 6.93. The van der Waals surface area contributed by atoms with E-state index >= 15 is 0 Å². The molecule has 0 radical (unpaired) electrons. The highest BCUT2D eigenvalue weighted by Crippen LogP contribution is 2.26. The van der Waals surface area contributed by atoms with Crippen molar-refractivity contribution in [3.8, 4) is 11.4 Å². The molecule has 1 aromatic heterocycles. The molecule has 4 nitrogen and oxygen atoms in total. The first kappa shape index (κ1) is 12.4. The lowest BCUT2D eigenvalue weighted by atomic mass is 9.97. The number of piperidine rings is 1. The van der Waals surface area contributed by atoms with Crippen molar-refractivity contribution in [3.63, 3.8) is 0 Å². The number of aryl methyl sites for hydroxylation is 2. The topological polar surface area (TPSA) is 42.7 Å². The van der Waals surface area contributed by atoms with E-state index in [0.29, 0.717) is 5.92 Å². The largest absolute Gasteiger partial charge is 0.317 e. The Bertz CT molecular complexity index is 567. The van der Waals surface area contributed by atoms with Crippen molar-refractivity contribution in [1.82, 2.24) is 20.1 Å². The Kier molecular flexibility index (Phi) is 3.34. The van der Waals surface area contributed by atoms with Crippen molar-refractivity contribution >= 4 is 0 Å². The summed E-state index contributed by atoms with van der Waals surface area (Å²) in [6.07, 6.45) is 2.31. The van der Waals surface area contributed by atoms with Gasteiger partial charge < -0.3 is 5.32 Å². The van der Waals surface area contributed by atoms with Crippen molar-refractivity contribution in [2.45, 2.75) is 25.7 Å². The number of hydrogen-bond donors (Lipinski definition) is 1. The van der Waals surface area contributed by atoms with Gasteiger partial charge in [0.05, 0.1) is 0 Å². The predicted octanol–water partition coefficient (Wildman–Crippen LogP) is 2.26. The van der Waals surface area contributed by atoms with Crippen LogP contribution in [0.25, 0.3) is 11.4 Å². The molecule has 0 amide bonds. The molecule has 19 heavy (non-hydrogen) atoms. The molecule has 0 unspecified atom stereocenters. The molecule has 1 fully saturated rings. The number of rotatable bonds is 2. The summed E-state index contributed by atoms with van der Waals surface area (Å²) in [7, 11) is 2.01. The van der Waals surface area contributed by atoms with Gasteiger partial charge in [-0.05, 0) is 38.4 Å². The molecule has 1 aliphatic rings. The van der Waals surface area contributed by atoms with E-state index in [9.17, 15) is 0 Å². The Balaban J connectivity index is 1.95. The van der Waals surface area contributed by atoms with Crippen molar-refractivity contribution in [2.75, 3.05) is 13.1 Å². The molecule has 0 spiro atoms. The molecule has 1 aromatic carbocycles. The summed E-state index contributed by atoms with van der Waals surface area (Å²) in [5.41, 5.74) is 2.36. The summed E-state index contributed by atoms with van der Waals surface area (Å²) in [5.74, 6) is 2.52. The lowest BCUT2D eigenvalue weighted by molar-refractivity contribution is 0.432. The highest BCUT2D eigenvalue weighted by atomic mass is 15.3. The minimum Gasteiger partial charge on any atom is -0.317 e. The maximum absolute atomic E-state index is 4.79. The maximum Gasteiger partial charge on any atom is 0.181 e. The second kappa shape index (κ2) is 5.13. The second-order valence-corrected chi connectivity index (χ2v) is 5.26. The Morgan fingerprint density at radius 1 is 1.21 bits per heavy atom. The summed E-state index contributed by atoms with van der Waals surface area (Å²) in [6, 6.07) is 8.30. The van der Waals surface area contributed by atoms with Gasteiger partial charge in [0.25, 0.3) is 0 Å². The minimum atomic E-state index is 0.538. The third-order valence-electron chi connectivity index (χ3n) is 3.89. The van der Waals surface area contributed by atoms with Crippen LogP contribution in [-0.4, -0.2) is 27.9 Å². The molecule has 0 saturated carbocycles. The smallest absolute Gasteiger partial charge is 0.181 e. The number of benzene rings is 1. The normalized spacial score (nSPS) is 16.7. The molecule has 1 N–H and O–H groups in total. The molecule has 2 heterocycles. The van der Waals surface area contributed by atoms with Crippen molar-refractivity contribution < 1.29 is 0 Å². The molecule has 0 aliphatic carbocycles. The van der Waals surface area contributed by atoms with Crippen molar-refractivity contribution in [2.24, 2.45) is 7.05 Å². The van der Waals surface area contributed by atoms with Crippen LogP contribution in [0, 0.1) is 6.92 Å². The third-order valence-corrected chi connectivity index (χ3v) is 3.89. The van der Waals surface area contributed by atoms with Crippen LogP contribution in [0.15, 0.2) is 24.3 Å². The maximum atomic E-state index is 4.79. The van der Waals surface area contributed by atoms with Crippen molar-refractivity contribution in [3.05, 3.63) is 35.7 Å². The Morgan fingerprint density at radius 2 is 1.95 bits per heavy atom. The number of aromatic nitrogens is 3. The number of hydrogen-bond acceptors (Lipinski definition) is 3. The Hall–Kier alpha value is -1.68. The Morgan fingerprint density at radius 3 is 2.68 bits per heavy atom. The van der Waals surface area contributed by atoms with E-state index in [2.05, 4.69) is 35.5 Å². The SMILES string of the molecule is Cc1ccccc1-c1nc(C2CCNCC2)n(C)n1. The van der Waals surface area contributed by atoms with Crippen LogP contribution in [0.5, 0.6) is 0 Å². The quantitative estimate of drug-likeness (QED) is 0.896. The first-order chi connectivity index (χ1) is 9.25. The van der Waals surface area contributed by atoms with Crippen LogP contribution < -0.4 is 5.32 Å². The predicted molar refractivity (Wildman–Crippen MR) is 76.0 cm³/mol. The van der Waals surface area contributed by atoms with E-state index in [4.69, 9.17) is 4.98 Å². The lowest BCUT2D eigenvalue weighted by Gasteiger charge is -2.21. The van der Waals surface area contributed by atoms with Gasteiger partial charge in [-0.1, -0.05) is 24.3 Å². The molecule has 0 bridgehead atoms. The van der Waals surface area contributed by atoms with E-state index in [0.717, 1.165) is 43.1 Å². The average molecular weight is 256 g/mol. The van der Waals surface area contributed by atoms with E-state index in [1.54, 1.807) is 0 Å². The number of nitrogens with one attached hydrogen (secondary N) is 1. The van der Waals surface area contributed by atoms with Crippen LogP contribution >= 0.6 is 0 Å². The van der Waals surface area contributed by atoms with Gasteiger partial charge in [0, 0.05) is 18.5 Å². The monoisotopic (exact) mass is 256 g/mol. The van der Waals surface area contributed by atoms with Gasteiger partial charge in [-0.3, -0.25) is 4.68 Å². The molecular formula is C15H20N4.